The summed E-state index contributed by atoms with van der Waals surface area (Å²) < 4.78 is 0. The topological polar surface area (TPSA) is 19.9 Å². The van der Waals surface area contributed by atoms with Crippen molar-refractivity contribution in [2.45, 2.75) is 20.3 Å². The van der Waals surface area contributed by atoms with Gasteiger partial charge in [-0.2, -0.15) is 0 Å². The van der Waals surface area contributed by atoms with Gasteiger partial charge in [0.15, 0.2) is 0 Å². The van der Waals surface area contributed by atoms with E-state index in [1.807, 2.05) is 0 Å². The van der Waals surface area contributed by atoms with Crippen LogP contribution in [-0.2, 0) is 0 Å². The van der Waals surface area contributed by atoms with E-state index in [9.17, 15) is 0 Å². The van der Waals surface area contributed by atoms with Gasteiger partial charge in [0.1, 0.15) is 0 Å². The van der Waals surface area contributed by atoms with Gasteiger partial charge in [-0.05, 0) is 11.8 Å². The lowest BCUT2D eigenvalue weighted by Gasteiger charge is -2.42. The Bertz CT molecular complexity index is 155. The Labute approximate surface area is 81.7 Å². The zero-order valence-corrected chi connectivity index (χ0v) is 9.00. The second-order valence-electron chi connectivity index (χ2n) is 5.19. The van der Waals surface area contributed by atoms with E-state index < -0.39 is 0 Å². The first-order valence-electron chi connectivity index (χ1n) is 5.79. The molecule has 1 unspecified atom stereocenters. The number of rotatable bonds is 3. The predicted molar refractivity (Wildman–Crippen MR) is 54.5 cm³/mol. The average Bonchev–Trinajstić information content (AvgIpc) is 2.46. The van der Waals surface area contributed by atoms with Crippen molar-refractivity contribution in [2.75, 3.05) is 32.7 Å². The summed E-state index contributed by atoms with van der Waals surface area (Å²) in [6.45, 7) is 11.6. The molecule has 2 fully saturated rings. The Balaban J connectivity index is 1.63. The number of nitrogens with zero attached hydrogens (tertiary/aromatic N) is 1. The van der Waals surface area contributed by atoms with Gasteiger partial charge in [0, 0.05) is 32.0 Å². The SMILES string of the molecule is CC(C)C1CN(CC2CC[NH2+]C2)C1. The predicted octanol–water partition coefficient (Wildman–Crippen LogP) is 0.158. The van der Waals surface area contributed by atoms with E-state index in [-0.39, 0.29) is 0 Å². The van der Waals surface area contributed by atoms with Crippen molar-refractivity contribution in [3.63, 3.8) is 0 Å². The van der Waals surface area contributed by atoms with Crippen molar-refractivity contribution < 1.29 is 5.32 Å². The highest BCUT2D eigenvalue weighted by Crippen LogP contribution is 2.24. The second-order valence-corrected chi connectivity index (χ2v) is 5.19. The van der Waals surface area contributed by atoms with Crippen molar-refractivity contribution >= 4 is 0 Å². The van der Waals surface area contributed by atoms with Crippen LogP contribution < -0.4 is 5.32 Å². The van der Waals surface area contributed by atoms with E-state index in [0.29, 0.717) is 0 Å². The molecule has 0 aromatic heterocycles. The molecule has 13 heavy (non-hydrogen) atoms. The van der Waals surface area contributed by atoms with E-state index in [2.05, 4.69) is 24.1 Å². The van der Waals surface area contributed by atoms with Crippen molar-refractivity contribution in [1.82, 2.24) is 4.90 Å². The third-order valence-electron chi connectivity index (χ3n) is 3.72. The average molecular weight is 183 g/mol. The zero-order valence-electron chi connectivity index (χ0n) is 9.00. The van der Waals surface area contributed by atoms with Crippen LogP contribution in [0.5, 0.6) is 0 Å². The molecule has 0 saturated carbocycles. The molecule has 2 rings (SSSR count). The fraction of sp³-hybridized carbons (Fsp3) is 1.00. The molecular formula is C11H23N2+. The largest absolute Gasteiger partial charge is 0.346 e. The number of quaternary nitrogens is 1. The third kappa shape index (κ3) is 2.23. The Hall–Kier alpha value is -0.0800. The second kappa shape index (κ2) is 3.97. The molecule has 0 aromatic carbocycles. The molecule has 2 heteroatoms. The standard InChI is InChI=1S/C11H22N2/c1-9(2)11-7-13(8-11)6-10-3-4-12-5-10/h9-12H,3-8H2,1-2H3/p+1. The van der Waals surface area contributed by atoms with Crippen molar-refractivity contribution in [2.24, 2.45) is 17.8 Å². The number of likely N-dealkylation sites (tertiary alicyclic amines) is 1. The molecule has 2 aliphatic rings. The molecule has 2 saturated heterocycles. The molecule has 0 aromatic rings. The van der Waals surface area contributed by atoms with Gasteiger partial charge >= 0.3 is 0 Å². The van der Waals surface area contributed by atoms with Gasteiger partial charge in [-0.25, -0.2) is 0 Å². The first-order chi connectivity index (χ1) is 6.25. The van der Waals surface area contributed by atoms with E-state index in [1.54, 1.807) is 0 Å². The zero-order chi connectivity index (χ0) is 9.26. The highest BCUT2D eigenvalue weighted by molar-refractivity contribution is 4.83. The van der Waals surface area contributed by atoms with Gasteiger partial charge in [0.2, 0.25) is 0 Å². The molecule has 76 valence electrons. The first kappa shape index (κ1) is 9.47. The third-order valence-corrected chi connectivity index (χ3v) is 3.72. The fourth-order valence-electron chi connectivity index (χ4n) is 2.54. The minimum Gasteiger partial charge on any atom is -0.346 e. The summed E-state index contributed by atoms with van der Waals surface area (Å²) in [5, 5.41) is 2.46. The Morgan fingerprint density at radius 3 is 2.69 bits per heavy atom. The molecule has 0 bridgehead atoms. The summed E-state index contributed by atoms with van der Waals surface area (Å²) in [6, 6.07) is 0. The molecule has 2 aliphatic heterocycles. The first-order valence-corrected chi connectivity index (χ1v) is 5.79. The summed E-state index contributed by atoms with van der Waals surface area (Å²) in [4.78, 5) is 2.65. The number of hydrogen-bond acceptors (Lipinski definition) is 1. The monoisotopic (exact) mass is 183 g/mol. The summed E-state index contributed by atoms with van der Waals surface area (Å²) in [6.07, 6.45) is 1.45. The summed E-state index contributed by atoms with van der Waals surface area (Å²) in [7, 11) is 0. The molecule has 2 N–H and O–H groups in total. The minimum atomic E-state index is 0.895. The lowest BCUT2D eigenvalue weighted by molar-refractivity contribution is -0.638. The van der Waals surface area contributed by atoms with Crippen LogP contribution in [0.25, 0.3) is 0 Å². The molecule has 0 amide bonds. The van der Waals surface area contributed by atoms with Gasteiger partial charge in [-0.3, -0.25) is 0 Å². The maximum atomic E-state index is 2.65. The van der Waals surface area contributed by atoms with Gasteiger partial charge in [-0.15, -0.1) is 0 Å². The van der Waals surface area contributed by atoms with Crippen LogP contribution >= 0.6 is 0 Å². The van der Waals surface area contributed by atoms with Crippen LogP contribution in [0.4, 0.5) is 0 Å². The van der Waals surface area contributed by atoms with Crippen molar-refractivity contribution in [1.29, 1.82) is 0 Å². The van der Waals surface area contributed by atoms with Crippen LogP contribution in [-0.4, -0.2) is 37.6 Å². The number of nitrogens with two attached hydrogens (primary N) is 1. The lowest BCUT2D eigenvalue weighted by Crippen LogP contribution is -2.81. The van der Waals surface area contributed by atoms with Gasteiger partial charge in [-0.1, -0.05) is 13.8 Å². The molecule has 2 nitrogen and oxygen atoms in total. The van der Waals surface area contributed by atoms with Gasteiger partial charge in [0.05, 0.1) is 13.1 Å². The van der Waals surface area contributed by atoms with E-state index in [4.69, 9.17) is 0 Å². The van der Waals surface area contributed by atoms with Gasteiger partial charge < -0.3 is 10.2 Å². The highest BCUT2D eigenvalue weighted by atomic mass is 15.2. The Morgan fingerprint density at radius 2 is 2.15 bits per heavy atom. The Morgan fingerprint density at radius 1 is 1.38 bits per heavy atom. The van der Waals surface area contributed by atoms with Crippen LogP contribution in [0.2, 0.25) is 0 Å². The maximum absolute atomic E-state index is 2.65. The summed E-state index contributed by atoms with van der Waals surface area (Å²) in [5.74, 6) is 2.88. The van der Waals surface area contributed by atoms with Crippen LogP contribution in [0.3, 0.4) is 0 Å². The van der Waals surface area contributed by atoms with Crippen molar-refractivity contribution in [3.05, 3.63) is 0 Å². The van der Waals surface area contributed by atoms with Crippen molar-refractivity contribution in [3.8, 4) is 0 Å². The van der Waals surface area contributed by atoms with E-state index in [0.717, 1.165) is 17.8 Å². The molecule has 1 atom stereocenters. The Kier molecular flexibility index (Phi) is 2.89. The molecular weight excluding hydrogens is 160 g/mol. The molecule has 0 spiro atoms. The fourth-order valence-corrected chi connectivity index (χ4v) is 2.54. The van der Waals surface area contributed by atoms with Crippen LogP contribution in [0, 0.1) is 17.8 Å². The summed E-state index contributed by atoms with van der Waals surface area (Å²) >= 11 is 0. The summed E-state index contributed by atoms with van der Waals surface area (Å²) in [5.41, 5.74) is 0. The lowest BCUT2D eigenvalue weighted by atomic mass is 9.87. The maximum Gasteiger partial charge on any atom is 0.0798 e. The van der Waals surface area contributed by atoms with Crippen LogP contribution in [0.15, 0.2) is 0 Å². The van der Waals surface area contributed by atoms with E-state index in [1.165, 1.54) is 39.1 Å². The quantitative estimate of drug-likeness (QED) is 0.660. The molecule has 2 heterocycles. The normalized spacial score (nSPS) is 31.2. The number of hydrogen-bond donors (Lipinski definition) is 1. The smallest absolute Gasteiger partial charge is 0.0798 e. The van der Waals surface area contributed by atoms with Crippen LogP contribution in [0.1, 0.15) is 20.3 Å². The van der Waals surface area contributed by atoms with Gasteiger partial charge in [0.25, 0.3) is 0 Å². The molecule has 0 aliphatic carbocycles. The molecule has 0 radical (unpaired) electrons. The highest BCUT2D eigenvalue weighted by Gasteiger charge is 2.31. The minimum absolute atomic E-state index is 0.895. The van der Waals surface area contributed by atoms with E-state index >= 15 is 0 Å².